The Morgan fingerprint density at radius 2 is 2.42 bits per heavy atom. The van der Waals surface area contributed by atoms with E-state index >= 15 is 0 Å². The average Bonchev–Trinajstić information content (AvgIpc) is 2.00. The molecule has 1 N–H and O–H groups in total. The molecular formula is C8H12N2O2. The first-order valence-corrected chi connectivity index (χ1v) is 3.98. The molecule has 0 aromatic rings. The first kappa shape index (κ1) is 9.01. The molecule has 0 unspecified atom stereocenters. The van der Waals surface area contributed by atoms with Crippen molar-refractivity contribution in [2.75, 3.05) is 19.8 Å². The predicted molar refractivity (Wildman–Crippen MR) is 42.2 cm³/mol. The van der Waals surface area contributed by atoms with Crippen LogP contribution >= 0.6 is 0 Å². The van der Waals surface area contributed by atoms with E-state index in [-0.39, 0.29) is 17.9 Å². The minimum absolute atomic E-state index is 0.0576. The Morgan fingerprint density at radius 1 is 1.75 bits per heavy atom. The Labute approximate surface area is 71.5 Å². The largest absolute Gasteiger partial charge is 0.379 e. The van der Waals surface area contributed by atoms with Crippen molar-refractivity contribution in [1.82, 2.24) is 5.32 Å². The third-order valence-electron chi connectivity index (χ3n) is 2.24. The molecule has 0 aromatic carbocycles. The number of hydrogen-bond donors (Lipinski definition) is 1. The molecule has 0 saturated carbocycles. The molecule has 0 aromatic heterocycles. The zero-order valence-electron chi connectivity index (χ0n) is 7.09. The van der Waals surface area contributed by atoms with Crippen molar-refractivity contribution < 1.29 is 9.53 Å². The first-order valence-electron chi connectivity index (χ1n) is 3.98. The summed E-state index contributed by atoms with van der Waals surface area (Å²) >= 11 is 0. The molecule has 0 radical (unpaired) electrons. The van der Waals surface area contributed by atoms with Crippen molar-refractivity contribution in [2.24, 2.45) is 5.41 Å². The second kappa shape index (κ2) is 3.55. The van der Waals surface area contributed by atoms with E-state index in [1.165, 1.54) is 0 Å². The first-order chi connectivity index (χ1) is 5.75. The van der Waals surface area contributed by atoms with Crippen LogP contribution in [0.3, 0.4) is 0 Å². The van der Waals surface area contributed by atoms with E-state index in [9.17, 15) is 4.79 Å². The van der Waals surface area contributed by atoms with E-state index in [2.05, 4.69) is 5.32 Å². The fraction of sp³-hybridized carbons (Fsp3) is 0.750. The summed E-state index contributed by atoms with van der Waals surface area (Å²) in [5.41, 5.74) is -0.350. The van der Waals surface area contributed by atoms with Gasteiger partial charge in [0.05, 0.1) is 24.7 Å². The van der Waals surface area contributed by atoms with Crippen molar-refractivity contribution >= 4 is 5.91 Å². The van der Waals surface area contributed by atoms with Gasteiger partial charge in [-0.3, -0.25) is 4.79 Å². The third kappa shape index (κ3) is 1.41. The highest BCUT2D eigenvalue weighted by molar-refractivity contribution is 5.83. The van der Waals surface area contributed by atoms with Gasteiger partial charge in [0.25, 0.3) is 0 Å². The van der Waals surface area contributed by atoms with Crippen LogP contribution < -0.4 is 5.32 Å². The van der Waals surface area contributed by atoms with Crippen LogP contribution in [-0.2, 0) is 9.53 Å². The van der Waals surface area contributed by atoms with Gasteiger partial charge in [-0.15, -0.1) is 0 Å². The maximum Gasteiger partial charge on any atom is 0.231 e. The maximum atomic E-state index is 11.4. The van der Waals surface area contributed by atoms with E-state index < -0.39 is 0 Å². The van der Waals surface area contributed by atoms with Gasteiger partial charge in [-0.2, -0.15) is 5.26 Å². The van der Waals surface area contributed by atoms with Gasteiger partial charge in [0, 0.05) is 0 Å². The summed E-state index contributed by atoms with van der Waals surface area (Å²) in [5.74, 6) is -0.0576. The smallest absolute Gasteiger partial charge is 0.231 e. The SMILES string of the molecule is CCC1(C(=O)NCC#N)COC1. The number of hydrogen-bond acceptors (Lipinski definition) is 3. The highest BCUT2D eigenvalue weighted by atomic mass is 16.5. The monoisotopic (exact) mass is 168 g/mol. The van der Waals surface area contributed by atoms with Gasteiger partial charge in [-0.05, 0) is 6.42 Å². The molecule has 0 spiro atoms. The zero-order chi connectivity index (χ0) is 9.03. The van der Waals surface area contributed by atoms with E-state index in [1.54, 1.807) is 0 Å². The molecule has 0 aliphatic carbocycles. The summed E-state index contributed by atoms with van der Waals surface area (Å²) in [6.45, 7) is 3.01. The maximum absolute atomic E-state index is 11.4. The third-order valence-corrected chi connectivity index (χ3v) is 2.24. The van der Waals surface area contributed by atoms with Gasteiger partial charge in [0.1, 0.15) is 6.54 Å². The highest BCUT2D eigenvalue weighted by Gasteiger charge is 2.43. The molecule has 1 amide bonds. The standard InChI is InChI=1S/C8H12N2O2/c1-2-8(5-12-6-8)7(11)10-4-3-9/h2,4-6H2,1H3,(H,10,11). The lowest BCUT2D eigenvalue weighted by atomic mass is 9.82. The van der Waals surface area contributed by atoms with E-state index in [0.717, 1.165) is 6.42 Å². The zero-order valence-corrected chi connectivity index (χ0v) is 7.09. The molecule has 66 valence electrons. The van der Waals surface area contributed by atoms with E-state index in [4.69, 9.17) is 10.00 Å². The van der Waals surface area contributed by atoms with Crippen LogP contribution in [0.15, 0.2) is 0 Å². The molecule has 1 fully saturated rings. The minimum Gasteiger partial charge on any atom is -0.379 e. The quantitative estimate of drug-likeness (QED) is 0.606. The Bertz CT molecular complexity index is 210. The second-order valence-corrected chi connectivity index (χ2v) is 2.97. The van der Waals surface area contributed by atoms with Gasteiger partial charge < -0.3 is 10.1 Å². The number of carbonyl (C=O) groups excluding carboxylic acids is 1. The normalized spacial score (nSPS) is 19.0. The summed E-state index contributed by atoms with van der Waals surface area (Å²) in [6, 6.07) is 1.87. The van der Waals surface area contributed by atoms with Crippen LogP contribution in [0.25, 0.3) is 0 Å². The van der Waals surface area contributed by atoms with Crippen molar-refractivity contribution in [3.63, 3.8) is 0 Å². The Balaban J connectivity index is 2.44. The van der Waals surface area contributed by atoms with Crippen LogP contribution in [-0.4, -0.2) is 25.7 Å². The fourth-order valence-electron chi connectivity index (χ4n) is 1.15. The van der Waals surface area contributed by atoms with Crippen molar-refractivity contribution in [1.29, 1.82) is 5.26 Å². The lowest BCUT2D eigenvalue weighted by Crippen LogP contribution is -2.53. The summed E-state index contributed by atoms with van der Waals surface area (Å²) in [7, 11) is 0. The van der Waals surface area contributed by atoms with Crippen molar-refractivity contribution in [2.45, 2.75) is 13.3 Å². The lowest BCUT2D eigenvalue weighted by molar-refractivity contribution is -0.162. The average molecular weight is 168 g/mol. The van der Waals surface area contributed by atoms with E-state index in [0.29, 0.717) is 13.2 Å². The topological polar surface area (TPSA) is 62.1 Å². The number of nitrogens with zero attached hydrogens (tertiary/aromatic N) is 1. The van der Waals surface area contributed by atoms with Crippen LogP contribution in [0.1, 0.15) is 13.3 Å². The lowest BCUT2D eigenvalue weighted by Gasteiger charge is -2.38. The molecule has 1 aliphatic rings. The van der Waals surface area contributed by atoms with E-state index in [1.807, 2.05) is 13.0 Å². The van der Waals surface area contributed by atoms with Crippen LogP contribution in [0.4, 0.5) is 0 Å². The number of nitrogens with one attached hydrogen (secondary N) is 1. The predicted octanol–water partition coefficient (Wildman–Crippen LogP) is 0.0528. The summed E-state index contributed by atoms with van der Waals surface area (Å²) in [6.07, 6.45) is 0.768. The molecule has 1 saturated heterocycles. The van der Waals surface area contributed by atoms with Crippen molar-refractivity contribution in [3.05, 3.63) is 0 Å². The molecule has 4 nitrogen and oxygen atoms in total. The van der Waals surface area contributed by atoms with Crippen LogP contribution in [0.5, 0.6) is 0 Å². The minimum atomic E-state index is -0.350. The van der Waals surface area contributed by atoms with Gasteiger partial charge >= 0.3 is 0 Å². The Hall–Kier alpha value is -1.08. The van der Waals surface area contributed by atoms with Crippen molar-refractivity contribution in [3.8, 4) is 6.07 Å². The number of nitriles is 1. The van der Waals surface area contributed by atoms with Gasteiger partial charge in [-0.1, -0.05) is 6.92 Å². The molecule has 0 bridgehead atoms. The van der Waals surface area contributed by atoms with Gasteiger partial charge in [0.15, 0.2) is 0 Å². The second-order valence-electron chi connectivity index (χ2n) is 2.97. The molecule has 1 aliphatic heterocycles. The molecule has 0 atom stereocenters. The highest BCUT2D eigenvalue weighted by Crippen LogP contribution is 2.31. The van der Waals surface area contributed by atoms with Gasteiger partial charge in [-0.25, -0.2) is 0 Å². The van der Waals surface area contributed by atoms with Gasteiger partial charge in [0.2, 0.25) is 5.91 Å². The summed E-state index contributed by atoms with van der Waals surface area (Å²) in [4.78, 5) is 11.4. The molecule has 1 heterocycles. The Morgan fingerprint density at radius 3 is 2.75 bits per heavy atom. The van der Waals surface area contributed by atoms with Crippen LogP contribution in [0, 0.1) is 16.7 Å². The van der Waals surface area contributed by atoms with Crippen LogP contribution in [0.2, 0.25) is 0 Å². The summed E-state index contributed by atoms with van der Waals surface area (Å²) < 4.78 is 4.99. The number of ether oxygens (including phenoxy) is 1. The number of amides is 1. The number of rotatable bonds is 3. The molecule has 4 heteroatoms. The summed E-state index contributed by atoms with van der Waals surface area (Å²) in [5, 5.41) is 10.8. The molecule has 12 heavy (non-hydrogen) atoms. The Kier molecular flexibility index (Phi) is 2.66. The number of carbonyl (C=O) groups is 1. The molecular weight excluding hydrogens is 156 g/mol. The molecule has 1 rings (SSSR count). The fourth-order valence-corrected chi connectivity index (χ4v) is 1.15.